The Bertz CT molecular complexity index is 257. The van der Waals surface area contributed by atoms with E-state index in [1.807, 2.05) is 13.8 Å². The molecular weight excluding hydrogens is 220 g/mol. The molecular formula is C12H22N2O3. The van der Waals surface area contributed by atoms with Gasteiger partial charge in [-0.3, -0.25) is 4.79 Å². The summed E-state index contributed by atoms with van der Waals surface area (Å²) >= 11 is 0. The molecule has 2 N–H and O–H groups in total. The van der Waals surface area contributed by atoms with Gasteiger partial charge in [0.1, 0.15) is 5.41 Å². The highest BCUT2D eigenvalue weighted by Gasteiger charge is 2.34. The Labute approximate surface area is 103 Å². The van der Waals surface area contributed by atoms with Crippen LogP contribution in [0.4, 0.5) is 0 Å². The third-order valence-corrected chi connectivity index (χ3v) is 2.84. The molecule has 98 valence electrons. The molecule has 0 aromatic carbocycles. The average molecular weight is 242 g/mol. The lowest BCUT2D eigenvalue weighted by atomic mass is 9.83. The van der Waals surface area contributed by atoms with Crippen LogP contribution in [0, 0.1) is 16.7 Å². The summed E-state index contributed by atoms with van der Waals surface area (Å²) in [6, 6.07) is 2.10. The lowest BCUT2D eigenvalue weighted by Crippen LogP contribution is -2.40. The molecule has 1 amide bonds. The van der Waals surface area contributed by atoms with Crippen molar-refractivity contribution in [2.75, 3.05) is 26.4 Å². The van der Waals surface area contributed by atoms with Crippen LogP contribution in [-0.4, -0.2) is 37.4 Å². The van der Waals surface area contributed by atoms with Crippen molar-refractivity contribution in [1.29, 1.82) is 5.26 Å². The summed E-state index contributed by atoms with van der Waals surface area (Å²) in [6.07, 6.45) is 1.72. The first-order valence-electron chi connectivity index (χ1n) is 6.05. The number of nitriles is 1. The van der Waals surface area contributed by atoms with E-state index in [1.165, 1.54) is 0 Å². The lowest BCUT2D eigenvalue weighted by Gasteiger charge is -2.22. The Hall–Kier alpha value is -1.12. The maximum Gasteiger partial charge on any atom is 0.240 e. The number of aliphatic hydroxyl groups is 1. The molecule has 5 heteroatoms. The molecule has 0 saturated carbocycles. The standard InChI is InChI=1S/C12H22N2O3/c1-3-12(4-2,10-13)11(16)14-6-5-8-17-9-7-15/h15H,3-9H2,1-2H3,(H,14,16). The van der Waals surface area contributed by atoms with Gasteiger partial charge in [-0.2, -0.15) is 5.26 Å². The van der Waals surface area contributed by atoms with Crippen LogP contribution in [0.2, 0.25) is 0 Å². The predicted molar refractivity (Wildman–Crippen MR) is 64.2 cm³/mol. The van der Waals surface area contributed by atoms with Crippen LogP contribution in [0.1, 0.15) is 33.1 Å². The number of aliphatic hydroxyl groups excluding tert-OH is 1. The van der Waals surface area contributed by atoms with Crippen molar-refractivity contribution in [1.82, 2.24) is 5.32 Å². The van der Waals surface area contributed by atoms with E-state index in [0.29, 0.717) is 39.0 Å². The molecule has 0 saturated heterocycles. The minimum Gasteiger partial charge on any atom is -0.394 e. The summed E-state index contributed by atoms with van der Waals surface area (Å²) in [6.45, 7) is 5.01. The molecule has 0 fully saturated rings. The lowest BCUT2D eigenvalue weighted by molar-refractivity contribution is -0.128. The zero-order valence-electron chi connectivity index (χ0n) is 10.7. The highest BCUT2D eigenvalue weighted by atomic mass is 16.5. The number of carbonyl (C=O) groups is 1. The van der Waals surface area contributed by atoms with E-state index in [2.05, 4.69) is 11.4 Å². The number of amides is 1. The van der Waals surface area contributed by atoms with Gasteiger partial charge in [-0.05, 0) is 19.3 Å². The van der Waals surface area contributed by atoms with Gasteiger partial charge < -0.3 is 15.2 Å². The smallest absolute Gasteiger partial charge is 0.240 e. The molecule has 5 nitrogen and oxygen atoms in total. The van der Waals surface area contributed by atoms with E-state index in [4.69, 9.17) is 15.1 Å². The van der Waals surface area contributed by atoms with E-state index < -0.39 is 5.41 Å². The SMILES string of the molecule is CCC(C#N)(CC)C(=O)NCCCOCCO. The van der Waals surface area contributed by atoms with Crippen molar-refractivity contribution >= 4 is 5.91 Å². The van der Waals surface area contributed by atoms with Crippen molar-refractivity contribution in [3.63, 3.8) is 0 Å². The van der Waals surface area contributed by atoms with E-state index in [0.717, 1.165) is 0 Å². The van der Waals surface area contributed by atoms with Crippen LogP contribution >= 0.6 is 0 Å². The molecule has 0 aliphatic heterocycles. The molecule has 0 aliphatic rings. The number of rotatable bonds is 9. The normalized spacial score (nSPS) is 10.9. The van der Waals surface area contributed by atoms with Gasteiger partial charge in [0.25, 0.3) is 0 Å². The van der Waals surface area contributed by atoms with Gasteiger partial charge in [0.15, 0.2) is 0 Å². The Morgan fingerprint density at radius 2 is 2.06 bits per heavy atom. The van der Waals surface area contributed by atoms with Gasteiger partial charge in [-0.25, -0.2) is 0 Å². The minimum atomic E-state index is -0.897. The van der Waals surface area contributed by atoms with Crippen LogP contribution in [0.15, 0.2) is 0 Å². The van der Waals surface area contributed by atoms with E-state index in [9.17, 15) is 4.79 Å². The number of hydrogen-bond acceptors (Lipinski definition) is 4. The first-order valence-corrected chi connectivity index (χ1v) is 6.05. The second-order valence-corrected chi connectivity index (χ2v) is 3.85. The topological polar surface area (TPSA) is 82.4 Å². The van der Waals surface area contributed by atoms with Crippen molar-refractivity contribution in [3.8, 4) is 6.07 Å². The number of ether oxygens (including phenoxy) is 1. The quantitative estimate of drug-likeness (QED) is 0.587. The van der Waals surface area contributed by atoms with Crippen LogP contribution in [-0.2, 0) is 9.53 Å². The predicted octanol–water partition coefficient (Wildman–Crippen LogP) is 0.832. The molecule has 0 bridgehead atoms. The molecule has 0 unspecified atom stereocenters. The Balaban J connectivity index is 3.89. The zero-order chi connectivity index (χ0) is 13.1. The molecule has 0 rings (SSSR count). The van der Waals surface area contributed by atoms with Gasteiger partial charge in [0, 0.05) is 13.2 Å². The first kappa shape index (κ1) is 15.9. The third-order valence-electron chi connectivity index (χ3n) is 2.84. The zero-order valence-corrected chi connectivity index (χ0v) is 10.7. The second kappa shape index (κ2) is 8.97. The van der Waals surface area contributed by atoms with Crippen LogP contribution < -0.4 is 5.32 Å². The fourth-order valence-corrected chi connectivity index (χ4v) is 1.49. The van der Waals surface area contributed by atoms with E-state index in [-0.39, 0.29) is 12.5 Å². The van der Waals surface area contributed by atoms with Gasteiger partial charge in [-0.15, -0.1) is 0 Å². The number of carbonyl (C=O) groups excluding carboxylic acids is 1. The molecule has 0 heterocycles. The van der Waals surface area contributed by atoms with Crippen molar-refractivity contribution in [3.05, 3.63) is 0 Å². The largest absolute Gasteiger partial charge is 0.394 e. The summed E-state index contributed by atoms with van der Waals surface area (Å²) in [7, 11) is 0. The molecule has 0 spiro atoms. The summed E-state index contributed by atoms with van der Waals surface area (Å²) in [5, 5.41) is 20.3. The third kappa shape index (κ3) is 5.16. The summed E-state index contributed by atoms with van der Waals surface area (Å²) in [5.41, 5.74) is -0.897. The van der Waals surface area contributed by atoms with Crippen LogP contribution in [0.5, 0.6) is 0 Å². The molecule has 0 atom stereocenters. The Kier molecular flexibility index (Phi) is 8.38. The monoisotopic (exact) mass is 242 g/mol. The minimum absolute atomic E-state index is 0.00950. The van der Waals surface area contributed by atoms with Gasteiger partial charge in [-0.1, -0.05) is 13.8 Å². The van der Waals surface area contributed by atoms with Crippen molar-refractivity contribution < 1.29 is 14.6 Å². The van der Waals surface area contributed by atoms with E-state index in [1.54, 1.807) is 0 Å². The maximum atomic E-state index is 11.8. The highest BCUT2D eigenvalue weighted by molar-refractivity contribution is 5.85. The number of hydrogen-bond donors (Lipinski definition) is 2. The van der Waals surface area contributed by atoms with Gasteiger partial charge in [0.05, 0.1) is 19.3 Å². The molecule has 0 aromatic heterocycles. The average Bonchev–Trinajstić information content (AvgIpc) is 2.36. The molecule has 0 aliphatic carbocycles. The van der Waals surface area contributed by atoms with Gasteiger partial charge >= 0.3 is 0 Å². The van der Waals surface area contributed by atoms with Gasteiger partial charge in [0.2, 0.25) is 5.91 Å². The fraction of sp³-hybridized carbons (Fsp3) is 0.833. The first-order chi connectivity index (χ1) is 8.16. The summed E-state index contributed by atoms with van der Waals surface area (Å²) in [5.74, 6) is -0.202. The maximum absolute atomic E-state index is 11.8. The highest BCUT2D eigenvalue weighted by Crippen LogP contribution is 2.25. The molecule has 17 heavy (non-hydrogen) atoms. The van der Waals surface area contributed by atoms with E-state index >= 15 is 0 Å². The number of nitrogens with zero attached hydrogens (tertiary/aromatic N) is 1. The van der Waals surface area contributed by atoms with Crippen LogP contribution in [0.25, 0.3) is 0 Å². The van der Waals surface area contributed by atoms with Crippen LogP contribution in [0.3, 0.4) is 0 Å². The summed E-state index contributed by atoms with van der Waals surface area (Å²) < 4.78 is 5.06. The second-order valence-electron chi connectivity index (χ2n) is 3.85. The van der Waals surface area contributed by atoms with Crippen molar-refractivity contribution in [2.24, 2.45) is 5.41 Å². The molecule has 0 radical (unpaired) electrons. The van der Waals surface area contributed by atoms with Crippen molar-refractivity contribution in [2.45, 2.75) is 33.1 Å². The Morgan fingerprint density at radius 3 is 2.53 bits per heavy atom. The number of nitrogens with one attached hydrogen (secondary N) is 1. The Morgan fingerprint density at radius 1 is 1.41 bits per heavy atom. The fourth-order valence-electron chi connectivity index (χ4n) is 1.49. The molecule has 0 aromatic rings. The summed E-state index contributed by atoms with van der Waals surface area (Å²) in [4.78, 5) is 11.8.